The smallest absolute Gasteiger partial charge is 0.136 e. The van der Waals surface area contributed by atoms with Gasteiger partial charge in [0.2, 0.25) is 0 Å². The summed E-state index contributed by atoms with van der Waals surface area (Å²) >= 11 is 0. The maximum atomic E-state index is 12.0. The molecule has 0 radical (unpaired) electrons. The Balaban J connectivity index is 0.000000816. The van der Waals surface area contributed by atoms with E-state index in [-0.39, 0.29) is 16.9 Å². The van der Waals surface area contributed by atoms with E-state index in [4.69, 9.17) is 4.74 Å². The van der Waals surface area contributed by atoms with E-state index in [9.17, 15) is 4.79 Å². The number of carbonyl (C=O) groups is 1. The average Bonchev–Trinajstić information content (AvgIpc) is 3.22. The van der Waals surface area contributed by atoms with Crippen molar-refractivity contribution < 1.29 is 9.53 Å². The van der Waals surface area contributed by atoms with Crippen LogP contribution in [0.1, 0.15) is 73.6 Å². The molecule has 0 spiro atoms. The van der Waals surface area contributed by atoms with Crippen molar-refractivity contribution in [1.29, 1.82) is 0 Å². The number of hydrogen-bond acceptors (Lipinski definition) is 2. The van der Waals surface area contributed by atoms with Gasteiger partial charge >= 0.3 is 0 Å². The maximum Gasteiger partial charge on any atom is 0.136 e. The van der Waals surface area contributed by atoms with Crippen LogP contribution >= 0.6 is 0 Å². The van der Waals surface area contributed by atoms with Crippen LogP contribution in [0.4, 0.5) is 0 Å². The number of ketones is 1. The molecule has 0 N–H and O–H groups in total. The molecule has 0 aromatic heterocycles. The van der Waals surface area contributed by atoms with Crippen molar-refractivity contribution in [2.45, 2.75) is 79.2 Å². The number of carbonyl (C=O) groups excluding carboxylic acids is 1. The minimum absolute atomic E-state index is 0.0148. The van der Waals surface area contributed by atoms with Gasteiger partial charge in [0.1, 0.15) is 11.4 Å². The second-order valence-electron chi connectivity index (χ2n) is 7.83. The van der Waals surface area contributed by atoms with Gasteiger partial charge in [-0.3, -0.25) is 4.79 Å². The number of rotatable bonds is 5. The van der Waals surface area contributed by atoms with Crippen molar-refractivity contribution in [3.8, 4) is 0 Å². The van der Waals surface area contributed by atoms with Crippen molar-refractivity contribution >= 4 is 5.78 Å². The Morgan fingerprint density at radius 1 is 1.43 bits per heavy atom. The zero-order valence-corrected chi connectivity index (χ0v) is 16.1. The summed E-state index contributed by atoms with van der Waals surface area (Å²) in [5, 5.41) is 0. The molecule has 2 rings (SSSR count). The van der Waals surface area contributed by atoms with Crippen LogP contribution < -0.4 is 0 Å². The van der Waals surface area contributed by atoms with Gasteiger partial charge in [-0.15, -0.1) is 0 Å². The van der Waals surface area contributed by atoms with Gasteiger partial charge in [0, 0.05) is 12.3 Å². The Bertz CT molecular complexity index is 445. The standard InChI is InChI=1S/C18H28O2.C3H8/c1-13(8-6-10-17(4)12-20-17)14(2)18(5)11-7-9-16(19)15(18)3;1-3-2/h6,10,13,15H,2,7-9,11-12H2,1,3-5H3;3H2,1-2H3/b10-6+;/t13-,15?,17?,18?;/m0./s1. The van der Waals surface area contributed by atoms with Crippen molar-refractivity contribution in [3.63, 3.8) is 0 Å². The van der Waals surface area contributed by atoms with Crippen LogP contribution in [-0.4, -0.2) is 18.0 Å². The second-order valence-corrected chi connectivity index (χ2v) is 7.83. The molecular formula is C21H36O2. The zero-order chi connectivity index (χ0) is 17.7. The number of Topliss-reactive ketones (excluding diaryl/α,β-unsaturated/α-hetero) is 1. The minimum atomic E-state index is -0.0252. The lowest BCUT2D eigenvalue weighted by molar-refractivity contribution is -0.128. The van der Waals surface area contributed by atoms with Crippen LogP contribution in [0, 0.1) is 17.3 Å². The highest BCUT2D eigenvalue weighted by Crippen LogP contribution is 2.47. The van der Waals surface area contributed by atoms with E-state index in [1.165, 1.54) is 12.0 Å². The van der Waals surface area contributed by atoms with Crippen molar-refractivity contribution in [2.75, 3.05) is 6.61 Å². The number of allylic oxidation sites excluding steroid dienone is 2. The third-order valence-electron chi connectivity index (χ3n) is 5.45. The minimum Gasteiger partial charge on any atom is -0.365 e. The van der Waals surface area contributed by atoms with Gasteiger partial charge in [-0.05, 0) is 37.5 Å². The monoisotopic (exact) mass is 320 g/mol. The molecule has 132 valence electrons. The van der Waals surface area contributed by atoms with Crippen LogP contribution in [0.5, 0.6) is 0 Å². The van der Waals surface area contributed by atoms with Crippen molar-refractivity contribution in [2.24, 2.45) is 17.3 Å². The highest BCUT2D eigenvalue weighted by molar-refractivity contribution is 5.82. The molecule has 23 heavy (non-hydrogen) atoms. The van der Waals surface area contributed by atoms with Crippen molar-refractivity contribution in [1.82, 2.24) is 0 Å². The Kier molecular flexibility index (Phi) is 7.26. The first-order valence-electron chi connectivity index (χ1n) is 9.23. The third kappa shape index (κ3) is 5.31. The van der Waals surface area contributed by atoms with E-state index in [2.05, 4.69) is 60.3 Å². The molecule has 1 saturated heterocycles. The molecule has 0 bridgehead atoms. The zero-order valence-electron chi connectivity index (χ0n) is 16.1. The van der Waals surface area contributed by atoms with Crippen LogP contribution in [0.15, 0.2) is 24.3 Å². The number of hydrogen-bond donors (Lipinski definition) is 0. The molecule has 2 nitrogen and oxygen atoms in total. The Morgan fingerprint density at radius 3 is 2.52 bits per heavy atom. The fourth-order valence-electron chi connectivity index (χ4n) is 3.29. The van der Waals surface area contributed by atoms with E-state index < -0.39 is 0 Å². The van der Waals surface area contributed by atoms with Gasteiger partial charge in [0.05, 0.1) is 6.61 Å². The summed E-state index contributed by atoms with van der Waals surface area (Å²) in [7, 11) is 0. The van der Waals surface area contributed by atoms with E-state index in [0.717, 1.165) is 32.3 Å². The summed E-state index contributed by atoms with van der Waals surface area (Å²) in [5.41, 5.74) is 1.20. The van der Waals surface area contributed by atoms with Gasteiger partial charge in [-0.2, -0.15) is 0 Å². The van der Waals surface area contributed by atoms with E-state index >= 15 is 0 Å². The summed E-state index contributed by atoms with van der Waals surface area (Å²) in [5.74, 6) is 0.924. The Morgan fingerprint density at radius 2 is 2.00 bits per heavy atom. The maximum absolute atomic E-state index is 12.0. The highest BCUT2D eigenvalue weighted by Gasteiger charge is 2.41. The quantitative estimate of drug-likeness (QED) is 0.478. The molecule has 2 fully saturated rings. The fourth-order valence-corrected chi connectivity index (χ4v) is 3.29. The van der Waals surface area contributed by atoms with Gasteiger partial charge < -0.3 is 4.74 Å². The topological polar surface area (TPSA) is 29.6 Å². The first kappa shape index (κ1) is 20.2. The van der Waals surface area contributed by atoms with E-state index in [1.54, 1.807) is 0 Å². The molecule has 1 heterocycles. The third-order valence-corrected chi connectivity index (χ3v) is 5.45. The molecular weight excluding hydrogens is 284 g/mol. The van der Waals surface area contributed by atoms with Crippen LogP contribution in [0.25, 0.3) is 0 Å². The molecule has 3 unspecified atom stereocenters. The molecule has 4 atom stereocenters. The highest BCUT2D eigenvalue weighted by atomic mass is 16.6. The van der Waals surface area contributed by atoms with Gasteiger partial charge in [0.25, 0.3) is 0 Å². The Labute approximate surface area is 143 Å². The molecule has 1 aliphatic heterocycles. The van der Waals surface area contributed by atoms with Gasteiger partial charge in [-0.1, -0.05) is 65.3 Å². The largest absolute Gasteiger partial charge is 0.365 e. The van der Waals surface area contributed by atoms with E-state index in [1.807, 2.05) is 0 Å². The molecule has 1 saturated carbocycles. The first-order valence-corrected chi connectivity index (χ1v) is 9.23. The average molecular weight is 321 g/mol. The lowest BCUT2D eigenvalue weighted by atomic mass is 9.61. The molecule has 2 aliphatic rings. The predicted molar refractivity (Wildman–Crippen MR) is 98.5 cm³/mol. The SMILES string of the molecule is C=C([C@@H](C)C/C=C/C1(C)CO1)C1(C)CCCC(=O)C1C.CCC. The van der Waals surface area contributed by atoms with Gasteiger partial charge in [-0.25, -0.2) is 0 Å². The number of epoxide rings is 1. The van der Waals surface area contributed by atoms with Crippen LogP contribution in [-0.2, 0) is 9.53 Å². The molecule has 2 heteroatoms. The van der Waals surface area contributed by atoms with Crippen molar-refractivity contribution in [3.05, 3.63) is 24.3 Å². The molecule has 0 aromatic carbocycles. The summed E-state index contributed by atoms with van der Waals surface area (Å²) in [6.07, 6.45) is 9.44. The lowest BCUT2D eigenvalue weighted by Crippen LogP contribution is -2.38. The second kappa shape index (κ2) is 8.28. The summed E-state index contributed by atoms with van der Waals surface area (Å²) in [4.78, 5) is 12.0. The summed E-state index contributed by atoms with van der Waals surface area (Å²) in [6, 6.07) is 0. The lowest BCUT2D eigenvalue weighted by Gasteiger charge is -2.42. The summed E-state index contributed by atoms with van der Waals surface area (Å²) in [6.45, 7) is 18.1. The van der Waals surface area contributed by atoms with Crippen LogP contribution in [0.2, 0.25) is 0 Å². The first-order chi connectivity index (χ1) is 10.7. The fraction of sp³-hybridized carbons (Fsp3) is 0.762. The molecule has 0 aromatic rings. The number of ether oxygens (including phenoxy) is 1. The summed E-state index contributed by atoms with van der Waals surface area (Å²) < 4.78 is 5.35. The molecule has 1 aliphatic carbocycles. The normalized spacial score (nSPS) is 34.7. The van der Waals surface area contributed by atoms with E-state index in [0.29, 0.717) is 11.7 Å². The van der Waals surface area contributed by atoms with Crippen LogP contribution in [0.3, 0.4) is 0 Å². The molecule has 0 amide bonds. The predicted octanol–water partition coefficient (Wildman–Crippen LogP) is 5.73. The Hall–Kier alpha value is -0.890. The van der Waals surface area contributed by atoms with Gasteiger partial charge in [0.15, 0.2) is 0 Å².